The van der Waals surface area contributed by atoms with Crippen LogP contribution in [0.1, 0.15) is 25.5 Å². The van der Waals surface area contributed by atoms with Crippen LogP contribution in [0.25, 0.3) is 0 Å². The SMILES string of the molecule is CCNC(=NCC1(C)COC1)N1CCOC(c2cnn(C)c2)C1.I. The van der Waals surface area contributed by atoms with E-state index in [1.807, 2.05) is 24.1 Å². The lowest BCUT2D eigenvalue weighted by Crippen LogP contribution is -2.49. The Morgan fingerprint density at radius 1 is 1.50 bits per heavy atom. The maximum absolute atomic E-state index is 5.92. The first-order valence-corrected chi connectivity index (χ1v) is 8.31. The maximum atomic E-state index is 5.92. The fourth-order valence-electron chi connectivity index (χ4n) is 2.88. The molecule has 8 heteroatoms. The molecular formula is C16H28IN5O2. The predicted octanol–water partition coefficient (Wildman–Crippen LogP) is 1.41. The fourth-order valence-corrected chi connectivity index (χ4v) is 2.88. The van der Waals surface area contributed by atoms with Crippen LogP contribution in [0.5, 0.6) is 0 Å². The molecule has 1 aromatic heterocycles. The van der Waals surface area contributed by atoms with Crippen molar-refractivity contribution in [1.82, 2.24) is 20.0 Å². The molecule has 0 saturated carbocycles. The number of aryl methyl sites for hydroxylation is 1. The van der Waals surface area contributed by atoms with Crippen molar-refractivity contribution in [1.29, 1.82) is 0 Å². The lowest BCUT2D eigenvalue weighted by molar-refractivity contribution is -0.0947. The molecule has 0 amide bonds. The van der Waals surface area contributed by atoms with Crippen molar-refractivity contribution in [3.05, 3.63) is 18.0 Å². The zero-order valence-electron chi connectivity index (χ0n) is 14.7. The van der Waals surface area contributed by atoms with Crippen molar-refractivity contribution in [2.75, 3.05) is 46.0 Å². The molecule has 1 N–H and O–H groups in total. The van der Waals surface area contributed by atoms with Gasteiger partial charge in [0.05, 0.1) is 39.1 Å². The summed E-state index contributed by atoms with van der Waals surface area (Å²) in [5.74, 6) is 0.970. The summed E-state index contributed by atoms with van der Waals surface area (Å²) in [7, 11) is 1.93. The van der Waals surface area contributed by atoms with E-state index in [4.69, 9.17) is 14.5 Å². The first kappa shape index (κ1) is 19.5. The number of guanidine groups is 1. The molecule has 2 fully saturated rings. The largest absolute Gasteiger partial charge is 0.380 e. The number of nitrogens with one attached hydrogen (secondary N) is 1. The standard InChI is InChI=1S/C16H27N5O2.HI/c1-4-17-15(18-10-16(2)11-22-12-16)21-5-6-23-14(9-21)13-7-19-20(3)8-13;/h7-8,14H,4-6,9-12H2,1-3H3,(H,17,18);1H. The summed E-state index contributed by atoms with van der Waals surface area (Å²) >= 11 is 0. The van der Waals surface area contributed by atoms with Crippen LogP contribution in [-0.2, 0) is 16.5 Å². The first-order chi connectivity index (χ1) is 11.1. The Balaban J connectivity index is 0.00000208. The van der Waals surface area contributed by atoms with Crippen molar-refractivity contribution >= 4 is 29.9 Å². The van der Waals surface area contributed by atoms with Gasteiger partial charge in [-0.15, -0.1) is 24.0 Å². The third kappa shape index (κ3) is 4.60. The summed E-state index contributed by atoms with van der Waals surface area (Å²) in [5.41, 5.74) is 1.31. The smallest absolute Gasteiger partial charge is 0.194 e. The van der Waals surface area contributed by atoms with Gasteiger partial charge < -0.3 is 19.7 Å². The van der Waals surface area contributed by atoms with Gasteiger partial charge in [-0.2, -0.15) is 5.10 Å². The minimum absolute atomic E-state index is 0. The zero-order valence-corrected chi connectivity index (χ0v) is 17.0. The van der Waals surface area contributed by atoms with Crippen LogP contribution in [0.2, 0.25) is 0 Å². The molecule has 2 saturated heterocycles. The van der Waals surface area contributed by atoms with Crippen LogP contribution in [0.15, 0.2) is 17.4 Å². The summed E-state index contributed by atoms with van der Waals surface area (Å²) in [6.07, 6.45) is 3.94. The lowest BCUT2D eigenvalue weighted by atomic mass is 9.89. The number of aliphatic imine (C=N–C) groups is 1. The molecule has 1 atom stereocenters. The van der Waals surface area contributed by atoms with Gasteiger partial charge in [-0.05, 0) is 6.92 Å². The quantitative estimate of drug-likeness (QED) is 0.428. The highest BCUT2D eigenvalue weighted by Crippen LogP contribution is 2.27. The fraction of sp³-hybridized carbons (Fsp3) is 0.750. The molecule has 0 bridgehead atoms. The Hall–Kier alpha value is -0.870. The van der Waals surface area contributed by atoms with E-state index in [2.05, 4.69) is 29.2 Å². The Morgan fingerprint density at radius 3 is 2.88 bits per heavy atom. The summed E-state index contributed by atoms with van der Waals surface area (Å²) in [6.45, 7) is 9.94. The van der Waals surface area contributed by atoms with E-state index in [0.29, 0.717) is 6.61 Å². The van der Waals surface area contributed by atoms with Gasteiger partial charge in [0.15, 0.2) is 5.96 Å². The highest BCUT2D eigenvalue weighted by molar-refractivity contribution is 14.0. The normalized spacial score (nSPS) is 23.4. The monoisotopic (exact) mass is 449 g/mol. The minimum atomic E-state index is 0. The second-order valence-electron chi connectivity index (χ2n) is 6.73. The number of rotatable bonds is 4. The lowest BCUT2D eigenvalue weighted by Gasteiger charge is -2.38. The molecule has 3 rings (SSSR count). The van der Waals surface area contributed by atoms with E-state index in [1.54, 1.807) is 0 Å². The Morgan fingerprint density at radius 2 is 2.29 bits per heavy atom. The summed E-state index contributed by atoms with van der Waals surface area (Å²) in [5, 5.41) is 7.65. The van der Waals surface area contributed by atoms with Gasteiger partial charge in [0.25, 0.3) is 0 Å². The third-order valence-corrected chi connectivity index (χ3v) is 4.31. The van der Waals surface area contributed by atoms with E-state index in [9.17, 15) is 0 Å². The number of ether oxygens (including phenoxy) is 2. The van der Waals surface area contributed by atoms with Crippen molar-refractivity contribution in [2.45, 2.75) is 20.0 Å². The minimum Gasteiger partial charge on any atom is -0.380 e. The highest BCUT2D eigenvalue weighted by Gasteiger charge is 2.33. The van der Waals surface area contributed by atoms with Gasteiger partial charge in [-0.3, -0.25) is 9.67 Å². The maximum Gasteiger partial charge on any atom is 0.194 e. The average molecular weight is 449 g/mol. The van der Waals surface area contributed by atoms with Gasteiger partial charge in [0.1, 0.15) is 6.10 Å². The Kier molecular flexibility index (Phi) is 6.88. The van der Waals surface area contributed by atoms with E-state index < -0.39 is 0 Å². The topological polar surface area (TPSA) is 63.9 Å². The first-order valence-electron chi connectivity index (χ1n) is 8.31. The van der Waals surface area contributed by atoms with Crippen molar-refractivity contribution in [3.63, 3.8) is 0 Å². The molecule has 0 radical (unpaired) electrons. The van der Waals surface area contributed by atoms with Gasteiger partial charge >= 0.3 is 0 Å². The summed E-state index contributed by atoms with van der Waals surface area (Å²) < 4.78 is 13.1. The van der Waals surface area contributed by atoms with E-state index >= 15 is 0 Å². The highest BCUT2D eigenvalue weighted by atomic mass is 127. The van der Waals surface area contributed by atoms with Gasteiger partial charge in [0.2, 0.25) is 0 Å². The van der Waals surface area contributed by atoms with Crippen LogP contribution < -0.4 is 5.32 Å². The number of aromatic nitrogens is 2. The Labute approximate surface area is 160 Å². The molecule has 136 valence electrons. The number of nitrogens with zero attached hydrogens (tertiary/aromatic N) is 4. The van der Waals surface area contributed by atoms with Crippen LogP contribution in [-0.4, -0.2) is 66.6 Å². The average Bonchev–Trinajstić information content (AvgIpc) is 2.96. The van der Waals surface area contributed by atoms with Crippen LogP contribution in [0, 0.1) is 5.41 Å². The predicted molar refractivity (Wildman–Crippen MR) is 104 cm³/mol. The van der Waals surface area contributed by atoms with Gasteiger partial charge in [-0.25, -0.2) is 0 Å². The second-order valence-corrected chi connectivity index (χ2v) is 6.73. The van der Waals surface area contributed by atoms with Crippen molar-refractivity contribution in [3.8, 4) is 0 Å². The van der Waals surface area contributed by atoms with Crippen molar-refractivity contribution in [2.24, 2.45) is 17.5 Å². The number of hydrogen-bond acceptors (Lipinski definition) is 4. The summed E-state index contributed by atoms with van der Waals surface area (Å²) in [4.78, 5) is 7.12. The number of hydrogen-bond donors (Lipinski definition) is 1. The van der Waals surface area contributed by atoms with E-state index in [-0.39, 0.29) is 35.5 Å². The van der Waals surface area contributed by atoms with Crippen LogP contribution >= 0.6 is 24.0 Å². The van der Waals surface area contributed by atoms with E-state index in [0.717, 1.165) is 50.9 Å². The second kappa shape index (κ2) is 8.48. The van der Waals surface area contributed by atoms with Gasteiger partial charge in [-0.1, -0.05) is 6.92 Å². The number of morpholine rings is 1. The molecule has 2 aliphatic heterocycles. The molecule has 0 aromatic carbocycles. The van der Waals surface area contributed by atoms with E-state index in [1.165, 1.54) is 0 Å². The summed E-state index contributed by atoms with van der Waals surface area (Å²) in [6, 6.07) is 0. The molecule has 3 heterocycles. The van der Waals surface area contributed by atoms with Gasteiger partial charge in [0, 0.05) is 37.3 Å². The molecule has 1 aromatic rings. The molecule has 7 nitrogen and oxygen atoms in total. The number of halogens is 1. The molecule has 0 spiro atoms. The van der Waals surface area contributed by atoms with Crippen LogP contribution in [0.3, 0.4) is 0 Å². The Bertz CT molecular complexity index is 558. The van der Waals surface area contributed by atoms with Crippen molar-refractivity contribution < 1.29 is 9.47 Å². The third-order valence-electron chi connectivity index (χ3n) is 4.31. The van der Waals surface area contributed by atoms with Crippen LogP contribution in [0.4, 0.5) is 0 Å². The molecule has 2 aliphatic rings. The molecule has 0 aliphatic carbocycles. The molecule has 24 heavy (non-hydrogen) atoms. The molecular weight excluding hydrogens is 421 g/mol. The molecule has 1 unspecified atom stereocenters. The zero-order chi connectivity index (χ0) is 16.3.